The summed E-state index contributed by atoms with van der Waals surface area (Å²) < 4.78 is 10.6. The zero-order valence-electron chi connectivity index (χ0n) is 12.5. The Labute approximate surface area is 130 Å². The highest BCUT2D eigenvalue weighted by Gasteiger charge is 2.17. The number of hydrogen-bond donors (Lipinski definition) is 0. The Morgan fingerprint density at radius 1 is 1.09 bits per heavy atom. The Morgan fingerprint density at radius 2 is 1.82 bits per heavy atom. The molecule has 3 heteroatoms. The van der Waals surface area contributed by atoms with Gasteiger partial charge in [0, 0.05) is 0 Å². The molecule has 2 aromatic rings. The summed E-state index contributed by atoms with van der Waals surface area (Å²) in [7, 11) is 1.38. The molecule has 22 heavy (non-hydrogen) atoms. The van der Waals surface area contributed by atoms with Gasteiger partial charge in [-0.1, -0.05) is 42.5 Å². The molecular formula is C19H18O3. The van der Waals surface area contributed by atoms with E-state index in [1.165, 1.54) is 18.2 Å². The Bertz CT molecular complexity index is 672. The van der Waals surface area contributed by atoms with Crippen LogP contribution in [-0.2, 0) is 9.47 Å². The largest absolute Gasteiger partial charge is 0.465 e. The number of esters is 1. The highest BCUT2D eigenvalue weighted by Crippen LogP contribution is 2.31. The highest BCUT2D eigenvalue weighted by atomic mass is 16.5. The summed E-state index contributed by atoms with van der Waals surface area (Å²) in [5.41, 5.74) is 4.13. The molecule has 0 saturated heterocycles. The molecule has 0 aromatic heterocycles. The van der Waals surface area contributed by atoms with Crippen LogP contribution >= 0.6 is 0 Å². The molecule has 0 bridgehead atoms. The van der Waals surface area contributed by atoms with Crippen molar-refractivity contribution in [3.63, 3.8) is 0 Å². The molecule has 1 aliphatic heterocycles. The fraction of sp³-hybridized carbons (Fsp3) is 0.211. The predicted molar refractivity (Wildman–Crippen MR) is 85.5 cm³/mol. The molecule has 3 rings (SSSR count). The summed E-state index contributed by atoms with van der Waals surface area (Å²) in [5, 5.41) is 0. The van der Waals surface area contributed by atoms with Gasteiger partial charge in [-0.05, 0) is 41.3 Å². The van der Waals surface area contributed by atoms with E-state index in [0.29, 0.717) is 12.2 Å². The van der Waals surface area contributed by atoms with Crippen molar-refractivity contribution in [2.24, 2.45) is 0 Å². The fourth-order valence-electron chi connectivity index (χ4n) is 2.62. The molecule has 2 aromatic carbocycles. The summed E-state index contributed by atoms with van der Waals surface area (Å²) in [6.07, 6.45) is 3.00. The first-order valence-electron chi connectivity index (χ1n) is 7.34. The van der Waals surface area contributed by atoms with Crippen LogP contribution in [0.4, 0.5) is 0 Å². The van der Waals surface area contributed by atoms with Crippen molar-refractivity contribution in [1.82, 2.24) is 0 Å². The van der Waals surface area contributed by atoms with Gasteiger partial charge < -0.3 is 9.47 Å². The molecule has 0 radical (unpaired) electrons. The third-order valence-electron chi connectivity index (χ3n) is 3.83. The van der Waals surface area contributed by atoms with Gasteiger partial charge in [0.2, 0.25) is 0 Å². The second-order valence-corrected chi connectivity index (χ2v) is 5.21. The summed E-state index contributed by atoms with van der Waals surface area (Å²) in [4.78, 5) is 11.5. The van der Waals surface area contributed by atoms with Crippen LogP contribution in [-0.4, -0.2) is 19.7 Å². The maximum atomic E-state index is 11.5. The van der Waals surface area contributed by atoms with Crippen molar-refractivity contribution < 1.29 is 14.3 Å². The molecular weight excluding hydrogens is 276 g/mol. The lowest BCUT2D eigenvalue weighted by molar-refractivity contribution is 0.0600. The third-order valence-corrected chi connectivity index (χ3v) is 3.83. The minimum atomic E-state index is -0.323. The average molecular weight is 294 g/mol. The Balaban J connectivity index is 1.84. The Hall–Kier alpha value is -2.39. The van der Waals surface area contributed by atoms with Crippen LogP contribution in [0.5, 0.6) is 0 Å². The van der Waals surface area contributed by atoms with Gasteiger partial charge in [-0.2, -0.15) is 0 Å². The highest BCUT2D eigenvalue weighted by molar-refractivity contribution is 5.89. The first kappa shape index (κ1) is 14.5. The van der Waals surface area contributed by atoms with Gasteiger partial charge >= 0.3 is 5.97 Å². The van der Waals surface area contributed by atoms with Crippen LogP contribution < -0.4 is 0 Å². The maximum Gasteiger partial charge on any atom is 0.337 e. The number of carbonyl (C=O) groups excluding carboxylic acids is 1. The number of methoxy groups -OCH3 is 1. The topological polar surface area (TPSA) is 35.5 Å². The predicted octanol–water partition coefficient (Wildman–Crippen LogP) is 4.02. The smallest absolute Gasteiger partial charge is 0.337 e. The molecule has 0 spiro atoms. The number of carbonyl (C=O) groups is 1. The van der Waals surface area contributed by atoms with E-state index in [9.17, 15) is 4.79 Å². The Morgan fingerprint density at radius 3 is 2.50 bits per heavy atom. The quantitative estimate of drug-likeness (QED) is 0.802. The molecule has 0 fully saturated rings. The Kier molecular flexibility index (Phi) is 4.35. The van der Waals surface area contributed by atoms with Crippen LogP contribution in [0.1, 0.15) is 34.0 Å². The first-order chi connectivity index (χ1) is 10.8. The van der Waals surface area contributed by atoms with Crippen molar-refractivity contribution in [2.75, 3.05) is 13.7 Å². The first-order valence-corrected chi connectivity index (χ1v) is 7.34. The van der Waals surface area contributed by atoms with Gasteiger partial charge in [-0.15, -0.1) is 0 Å². The summed E-state index contributed by atoms with van der Waals surface area (Å²) >= 11 is 0. The lowest BCUT2D eigenvalue weighted by atomic mass is 9.96. The number of ether oxygens (including phenoxy) is 2. The second kappa shape index (κ2) is 6.58. The number of benzene rings is 2. The standard InChI is InChI=1S/C19H18O3/c1-21-19(20)16-9-7-15(8-10-16)18-13-17(11-12-22-18)14-5-3-2-4-6-14/h2-10,13,18H,11-12H2,1H3. The zero-order valence-corrected chi connectivity index (χ0v) is 12.5. The van der Waals surface area contributed by atoms with E-state index in [1.807, 2.05) is 30.3 Å². The molecule has 1 heterocycles. The monoisotopic (exact) mass is 294 g/mol. The fourth-order valence-corrected chi connectivity index (χ4v) is 2.62. The van der Waals surface area contributed by atoms with Crippen molar-refractivity contribution in [3.8, 4) is 0 Å². The van der Waals surface area contributed by atoms with E-state index >= 15 is 0 Å². The van der Waals surface area contributed by atoms with Gasteiger partial charge in [0.15, 0.2) is 0 Å². The van der Waals surface area contributed by atoms with E-state index in [1.54, 1.807) is 12.1 Å². The van der Waals surface area contributed by atoms with Gasteiger partial charge in [0.1, 0.15) is 6.10 Å². The van der Waals surface area contributed by atoms with Crippen LogP contribution in [0.15, 0.2) is 60.7 Å². The second-order valence-electron chi connectivity index (χ2n) is 5.21. The van der Waals surface area contributed by atoms with Crippen LogP contribution in [0, 0.1) is 0 Å². The summed E-state index contributed by atoms with van der Waals surface area (Å²) in [6, 6.07) is 17.7. The lowest BCUT2D eigenvalue weighted by Crippen LogP contribution is -2.10. The molecule has 1 atom stereocenters. The molecule has 112 valence electrons. The zero-order chi connectivity index (χ0) is 15.4. The average Bonchev–Trinajstić information content (AvgIpc) is 2.62. The van der Waals surface area contributed by atoms with Crippen LogP contribution in [0.2, 0.25) is 0 Å². The molecule has 0 N–H and O–H groups in total. The van der Waals surface area contributed by atoms with Crippen molar-refractivity contribution in [2.45, 2.75) is 12.5 Å². The number of hydrogen-bond acceptors (Lipinski definition) is 3. The van der Waals surface area contributed by atoms with Crippen LogP contribution in [0.25, 0.3) is 5.57 Å². The molecule has 0 amide bonds. The van der Waals surface area contributed by atoms with Crippen molar-refractivity contribution >= 4 is 11.5 Å². The van der Waals surface area contributed by atoms with E-state index in [0.717, 1.165) is 12.0 Å². The van der Waals surface area contributed by atoms with Gasteiger partial charge in [0.05, 0.1) is 19.3 Å². The SMILES string of the molecule is COC(=O)c1ccc(C2C=C(c3ccccc3)CCO2)cc1. The van der Waals surface area contributed by atoms with E-state index < -0.39 is 0 Å². The van der Waals surface area contributed by atoms with Gasteiger partial charge in [0.25, 0.3) is 0 Å². The molecule has 1 aliphatic rings. The summed E-state index contributed by atoms with van der Waals surface area (Å²) in [5.74, 6) is -0.323. The van der Waals surface area contributed by atoms with E-state index in [4.69, 9.17) is 9.47 Å². The summed E-state index contributed by atoms with van der Waals surface area (Å²) in [6.45, 7) is 0.699. The van der Waals surface area contributed by atoms with Gasteiger partial charge in [-0.25, -0.2) is 4.79 Å². The maximum absolute atomic E-state index is 11.5. The molecule has 0 aliphatic carbocycles. The number of rotatable bonds is 3. The molecule has 1 unspecified atom stereocenters. The molecule has 0 saturated carbocycles. The molecule has 3 nitrogen and oxygen atoms in total. The van der Waals surface area contributed by atoms with Crippen molar-refractivity contribution in [1.29, 1.82) is 0 Å². The van der Waals surface area contributed by atoms with Crippen molar-refractivity contribution in [3.05, 3.63) is 77.4 Å². The lowest BCUT2D eigenvalue weighted by Gasteiger charge is -2.23. The minimum absolute atomic E-state index is 0.0735. The van der Waals surface area contributed by atoms with E-state index in [-0.39, 0.29) is 12.1 Å². The van der Waals surface area contributed by atoms with Gasteiger partial charge in [-0.3, -0.25) is 0 Å². The normalized spacial score (nSPS) is 17.7. The van der Waals surface area contributed by atoms with Crippen LogP contribution in [0.3, 0.4) is 0 Å². The third kappa shape index (κ3) is 3.10. The minimum Gasteiger partial charge on any atom is -0.465 e. The van der Waals surface area contributed by atoms with E-state index in [2.05, 4.69) is 18.2 Å².